The fraction of sp³-hybridized carbons (Fsp3) is 0.455. The lowest BCUT2D eigenvalue weighted by Crippen LogP contribution is -2.28. The molecular weight excluding hydrogens is 229 g/mol. The maximum Gasteiger partial charge on any atom is 0.240 e. The van der Waals surface area contributed by atoms with Gasteiger partial charge in [0.05, 0.1) is 4.90 Å². The second-order valence-electron chi connectivity index (χ2n) is 4.82. The van der Waals surface area contributed by atoms with Crippen LogP contribution in [0.4, 0.5) is 4.39 Å². The Hall–Kier alpha value is -0.940. The van der Waals surface area contributed by atoms with E-state index in [9.17, 15) is 12.8 Å². The summed E-state index contributed by atoms with van der Waals surface area (Å²) in [5, 5.41) is 0. The van der Waals surface area contributed by atoms with Crippen molar-refractivity contribution in [1.29, 1.82) is 0 Å². The molecular formula is C11H14FNO2S. The van der Waals surface area contributed by atoms with Crippen molar-refractivity contribution >= 4 is 10.0 Å². The van der Waals surface area contributed by atoms with Gasteiger partial charge in [-0.05, 0) is 36.1 Å². The number of benzene rings is 1. The average Bonchev–Trinajstić information content (AvgIpc) is 2.73. The van der Waals surface area contributed by atoms with Crippen molar-refractivity contribution in [3.8, 4) is 0 Å². The van der Waals surface area contributed by atoms with E-state index in [2.05, 4.69) is 4.72 Å². The van der Waals surface area contributed by atoms with Crippen molar-refractivity contribution in [2.45, 2.75) is 31.2 Å². The Balaban J connectivity index is 2.17. The van der Waals surface area contributed by atoms with Crippen LogP contribution in [-0.2, 0) is 10.0 Å². The fourth-order valence-electron chi connectivity index (χ4n) is 1.54. The van der Waals surface area contributed by atoms with E-state index >= 15 is 0 Å². The largest absolute Gasteiger partial charge is 0.240 e. The summed E-state index contributed by atoms with van der Waals surface area (Å²) in [6, 6.07) is 4.82. The number of hydrogen-bond donors (Lipinski definition) is 1. The summed E-state index contributed by atoms with van der Waals surface area (Å²) in [5.74, 6) is -0.439. The van der Waals surface area contributed by atoms with Gasteiger partial charge in [-0.3, -0.25) is 0 Å². The maximum atomic E-state index is 12.7. The van der Waals surface area contributed by atoms with Crippen LogP contribution >= 0.6 is 0 Å². The van der Waals surface area contributed by atoms with Gasteiger partial charge in [0, 0.05) is 6.04 Å². The molecule has 1 atom stereocenters. The van der Waals surface area contributed by atoms with E-state index in [1.54, 1.807) is 0 Å². The van der Waals surface area contributed by atoms with Crippen molar-refractivity contribution in [1.82, 2.24) is 4.72 Å². The number of nitrogens with one attached hydrogen (secondary N) is 1. The van der Waals surface area contributed by atoms with Crippen molar-refractivity contribution in [2.24, 2.45) is 5.41 Å². The van der Waals surface area contributed by atoms with E-state index < -0.39 is 15.8 Å². The van der Waals surface area contributed by atoms with Crippen molar-refractivity contribution in [2.75, 3.05) is 0 Å². The molecule has 1 saturated carbocycles. The minimum absolute atomic E-state index is 0.0115. The molecule has 3 nitrogen and oxygen atoms in total. The molecule has 1 aromatic rings. The molecule has 1 N–H and O–H groups in total. The molecule has 5 heteroatoms. The average molecular weight is 243 g/mol. The zero-order chi connectivity index (χ0) is 12.0. The van der Waals surface area contributed by atoms with Crippen LogP contribution in [0.2, 0.25) is 0 Å². The lowest BCUT2D eigenvalue weighted by atomic mass is 10.2. The molecule has 0 radical (unpaired) electrons. The van der Waals surface area contributed by atoms with E-state index in [1.807, 2.05) is 13.8 Å². The van der Waals surface area contributed by atoms with Crippen LogP contribution in [0.15, 0.2) is 29.2 Å². The summed E-state index contributed by atoms with van der Waals surface area (Å²) >= 11 is 0. The summed E-state index contributed by atoms with van der Waals surface area (Å²) < 4.78 is 39.0. The summed E-state index contributed by atoms with van der Waals surface area (Å²) in [7, 11) is -3.50. The Labute approximate surface area is 94.7 Å². The third-order valence-electron chi connectivity index (χ3n) is 2.93. The highest BCUT2D eigenvalue weighted by atomic mass is 32.2. The highest BCUT2D eigenvalue weighted by Gasteiger charge is 2.47. The molecule has 1 aromatic carbocycles. The predicted molar refractivity (Wildman–Crippen MR) is 58.9 cm³/mol. The van der Waals surface area contributed by atoms with E-state index in [1.165, 1.54) is 12.1 Å². The van der Waals surface area contributed by atoms with Gasteiger partial charge in [0.2, 0.25) is 10.0 Å². The van der Waals surface area contributed by atoms with Crippen LogP contribution in [-0.4, -0.2) is 14.5 Å². The normalized spacial score (nSPS) is 23.1. The van der Waals surface area contributed by atoms with Crippen LogP contribution in [0.1, 0.15) is 20.3 Å². The topological polar surface area (TPSA) is 46.2 Å². The van der Waals surface area contributed by atoms with E-state index in [0.29, 0.717) is 0 Å². The Kier molecular flexibility index (Phi) is 2.55. The minimum atomic E-state index is -3.50. The monoisotopic (exact) mass is 243 g/mol. The smallest absolute Gasteiger partial charge is 0.208 e. The molecule has 0 aromatic heterocycles. The first-order valence-corrected chi connectivity index (χ1v) is 6.57. The third kappa shape index (κ3) is 2.25. The van der Waals surface area contributed by atoms with Gasteiger partial charge in [0.25, 0.3) is 0 Å². The molecule has 0 saturated heterocycles. The van der Waals surface area contributed by atoms with Crippen LogP contribution in [0.25, 0.3) is 0 Å². The Morgan fingerprint density at radius 2 is 1.81 bits per heavy atom. The van der Waals surface area contributed by atoms with Gasteiger partial charge < -0.3 is 0 Å². The number of hydrogen-bond acceptors (Lipinski definition) is 2. The molecule has 0 aliphatic heterocycles. The third-order valence-corrected chi connectivity index (χ3v) is 4.42. The lowest BCUT2D eigenvalue weighted by Gasteiger charge is -2.07. The second-order valence-corrected chi connectivity index (χ2v) is 6.53. The highest BCUT2D eigenvalue weighted by Crippen LogP contribution is 2.45. The number of sulfonamides is 1. The molecule has 0 amide bonds. The molecule has 1 unspecified atom stereocenters. The molecule has 1 aliphatic rings. The second kappa shape index (κ2) is 3.53. The first-order chi connectivity index (χ1) is 7.31. The summed E-state index contributed by atoms with van der Waals surface area (Å²) in [6.07, 6.45) is 0.841. The quantitative estimate of drug-likeness (QED) is 0.881. The molecule has 1 fully saturated rings. The van der Waals surface area contributed by atoms with Gasteiger partial charge in [-0.2, -0.15) is 0 Å². The molecule has 2 rings (SSSR count). The van der Waals surface area contributed by atoms with Crippen LogP contribution in [0.3, 0.4) is 0 Å². The van der Waals surface area contributed by atoms with Crippen LogP contribution in [0.5, 0.6) is 0 Å². The first kappa shape index (κ1) is 11.5. The van der Waals surface area contributed by atoms with Gasteiger partial charge in [-0.25, -0.2) is 17.5 Å². The molecule has 16 heavy (non-hydrogen) atoms. The van der Waals surface area contributed by atoms with Crippen molar-refractivity contribution in [3.05, 3.63) is 30.1 Å². The van der Waals surface area contributed by atoms with Crippen molar-refractivity contribution in [3.63, 3.8) is 0 Å². The minimum Gasteiger partial charge on any atom is -0.208 e. The Morgan fingerprint density at radius 1 is 1.31 bits per heavy atom. The predicted octanol–water partition coefficient (Wildman–Crippen LogP) is 1.90. The first-order valence-electron chi connectivity index (χ1n) is 5.09. The summed E-state index contributed by atoms with van der Waals surface area (Å²) in [5.41, 5.74) is 0.0348. The van der Waals surface area contributed by atoms with E-state index in [4.69, 9.17) is 0 Å². The zero-order valence-electron chi connectivity index (χ0n) is 9.20. The lowest BCUT2D eigenvalue weighted by molar-refractivity contribution is 0.554. The molecule has 0 bridgehead atoms. The Morgan fingerprint density at radius 3 is 2.25 bits per heavy atom. The van der Waals surface area contributed by atoms with Gasteiger partial charge in [-0.1, -0.05) is 13.8 Å². The van der Waals surface area contributed by atoms with Gasteiger partial charge in [-0.15, -0.1) is 0 Å². The Bertz CT molecular complexity index is 493. The SMILES string of the molecule is CC1(C)CC1NS(=O)(=O)c1ccc(F)cc1. The molecule has 0 spiro atoms. The highest BCUT2D eigenvalue weighted by molar-refractivity contribution is 7.89. The fourth-order valence-corrected chi connectivity index (χ4v) is 2.94. The van der Waals surface area contributed by atoms with Gasteiger partial charge in [0.15, 0.2) is 0 Å². The number of rotatable bonds is 3. The standard InChI is InChI=1S/C11H14FNO2S/c1-11(2)7-10(11)13-16(14,15)9-5-3-8(12)4-6-9/h3-6,10,13H,7H2,1-2H3. The molecule has 0 heterocycles. The van der Waals surface area contributed by atoms with E-state index in [0.717, 1.165) is 18.6 Å². The maximum absolute atomic E-state index is 12.7. The summed E-state index contributed by atoms with van der Waals surface area (Å²) in [6.45, 7) is 4.01. The number of halogens is 1. The summed E-state index contributed by atoms with van der Waals surface area (Å²) in [4.78, 5) is 0.108. The molecule has 1 aliphatic carbocycles. The van der Waals surface area contributed by atoms with Gasteiger partial charge >= 0.3 is 0 Å². The van der Waals surface area contributed by atoms with Gasteiger partial charge in [0.1, 0.15) is 5.82 Å². The van der Waals surface area contributed by atoms with Crippen LogP contribution in [0, 0.1) is 11.2 Å². The van der Waals surface area contributed by atoms with E-state index in [-0.39, 0.29) is 16.4 Å². The zero-order valence-corrected chi connectivity index (χ0v) is 10.0. The van der Waals surface area contributed by atoms with Crippen LogP contribution < -0.4 is 4.72 Å². The van der Waals surface area contributed by atoms with Crippen molar-refractivity contribution < 1.29 is 12.8 Å². The molecule has 88 valence electrons.